The second-order valence-electron chi connectivity index (χ2n) is 7.20. The first-order valence-corrected chi connectivity index (χ1v) is 11.3. The lowest BCUT2D eigenvalue weighted by molar-refractivity contribution is 0.0691. The summed E-state index contributed by atoms with van der Waals surface area (Å²) in [5, 5.41) is 0. The standard InChI is InChI=1S/C19H30N4O5S/c1-4-28-17-6-5-16(15-18(17)27-3)19(24)21-9-13-23(14-10-21)29(25,26)22-11-7-20(2)8-12-22/h5-6,15H,4,7-14H2,1-3H3. The molecule has 1 aromatic rings. The fraction of sp³-hybridized carbons (Fsp3) is 0.632. The molecule has 0 unspecified atom stereocenters. The minimum absolute atomic E-state index is 0.136. The van der Waals surface area contributed by atoms with Crippen molar-refractivity contribution in [2.45, 2.75) is 6.92 Å². The van der Waals surface area contributed by atoms with Crippen molar-refractivity contribution in [3.63, 3.8) is 0 Å². The minimum Gasteiger partial charge on any atom is -0.493 e. The Bertz CT molecular complexity index is 816. The third-order valence-electron chi connectivity index (χ3n) is 5.35. The molecule has 2 aliphatic rings. The summed E-state index contributed by atoms with van der Waals surface area (Å²) in [6.07, 6.45) is 0. The summed E-state index contributed by atoms with van der Waals surface area (Å²) >= 11 is 0. The van der Waals surface area contributed by atoms with E-state index in [4.69, 9.17) is 9.47 Å². The van der Waals surface area contributed by atoms with Crippen molar-refractivity contribution in [3.8, 4) is 11.5 Å². The molecular formula is C19H30N4O5S. The summed E-state index contributed by atoms with van der Waals surface area (Å²) in [7, 11) is 0.0467. The highest BCUT2D eigenvalue weighted by molar-refractivity contribution is 7.86. The van der Waals surface area contributed by atoms with Gasteiger partial charge < -0.3 is 19.3 Å². The summed E-state index contributed by atoms with van der Waals surface area (Å²) in [5.74, 6) is 0.964. The van der Waals surface area contributed by atoms with Gasteiger partial charge in [-0.25, -0.2) is 0 Å². The lowest BCUT2D eigenvalue weighted by Crippen LogP contribution is -2.57. The summed E-state index contributed by atoms with van der Waals surface area (Å²) in [6, 6.07) is 5.10. The Morgan fingerprint density at radius 1 is 0.966 bits per heavy atom. The summed E-state index contributed by atoms with van der Waals surface area (Å²) < 4.78 is 39.6. The molecule has 2 saturated heterocycles. The van der Waals surface area contributed by atoms with Gasteiger partial charge in [-0.1, -0.05) is 0 Å². The van der Waals surface area contributed by atoms with E-state index >= 15 is 0 Å². The Hall–Kier alpha value is -1.88. The van der Waals surface area contributed by atoms with E-state index in [1.807, 2.05) is 14.0 Å². The van der Waals surface area contributed by atoms with Crippen molar-refractivity contribution in [1.82, 2.24) is 18.4 Å². The molecule has 0 aromatic heterocycles. The molecule has 29 heavy (non-hydrogen) atoms. The molecule has 162 valence electrons. The van der Waals surface area contributed by atoms with Crippen molar-refractivity contribution in [3.05, 3.63) is 23.8 Å². The van der Waals surface area contributed by atoms with Crippen LogP contribution in [0.5, 0.6) is 11.5 Å². The smallest absolute Gasteiger partial charge is 0.282 e. The molecule has 0 atom stereocenters. The maximum Gasteiger partial charge on any atom is 0.282 e. The lowest BCUT2D eigenvalue weighted by Gasteiger charge is -2.39. The van der Waals surface area contributed by atoms with Crippen molar-refractivity contribution >= 4 is 16.1 Å². The summed E-state index contributed by atoms with van der Waals surface area (Å²) in [6.45, 7) is 6.19. The van der Waals surface area contributed by atoms with Crippen molar-refractivity contribution < 1.29 is 22.7 Å². The third kappa shape index (κ3) is 4.82. The highest BCUT2D eigenvalue weighted by Crippen LogP contribution is 2.28. The van der Waals surface area contributed by atoms with E-state index in [1.165, 1.54) is 11.4 Å². The van der Waals surface area contributed by atoms with E-state index in [0.717, 1.165) is 13.1 Å². The van der Waals surface area contributed by atoms with Crippen LogP contribution in [0.25, 0.3) is 0 Å². The number of rotatable bonds is 6. The van der Waals surface area contributed by atoms with Gasteiger partial charge in [0.1, 0.15) is 0 Å². The number of hydrogen-bond acceptors (Lipinski definition) is 6. The van der Waals surface area contributed by atoms with Gasteiger partial charge in [0, 0.05) is 57.9 Å². The number of benzene rings is 1. The summed E-state index contributed by atoms with van der Waals surface area (Å²) in [5.41, 5.74) is 0.501. The van der Waals surface area contributed by atoms with E-state index < -0.39 is 10.2 Å². The van der Waals surface area contributed by atoms with E-state index in [-0.39, 0.29) is 5.91 Å². The Morgan fingerprint density at radius 3 is 2.10 bits per heavy atom. The highest BCUT2D eigenvalue weighted by atomic mass is 32.2. The number of methoxy groups -OCH3 is 1. The lowest BCUT2D eigenvalue weighted by atomic mass is 10.1. The molecule has 2 aliphatic heterocycles. The molecule has 3 rings (SSSR count). The van der Waals surface area contributed by atoms with Gasteiger partial charge in [0.05, 0.1) is 13.7 Å². The fourth-order valence-corrected chi connectivity index (χ4v) is 5.14. The molecular weight excluding hydrogens is 396 g/mol. The van der Waals surface area contributed by atoms with Crippen molar-refractivity contribution in [1.29, 1.82) is 0 Å². The Morgan fingerprint density at radius 2 is 1.55 bits per heavy atom. The predicted molar refractivity (Wildman–Crippen MR) is 110 cm³/mol. The van der Waals surface area contributed by atoms with Crippen LogP contribution in [0.1, 0.15) is 17.3 Å². The van der Waals surface area contributed by atoms with Gasteiger partial charge in [0.2, 0.25) is 0 Å². The van der Waals surface area contributed by atoms with Crippen LogP contribution >= 0.6 is 0 Å². The number of amides is 1. The van der Waals surface area contributed by atoms with E-state index in [2.05, 4.69) is 4.90 Å². The van der Waals surface area contributed by atoms with Gasteiger partial charge in [-0.05, 0) is 32.2 Å². The molecule has 10 heteroatoms. The number of ether oxygens (including phenoxy) is 2. The molecule has 9 nitrogen and oxygen atoms in total. The first-order valence-electron chi connectivity index (χ1n) is 9.90. The van der Waals surface area contributed by atoms with Gasteiger partial charge in [0.15, 0.2) is 11.5 Å². The van der Waals surface area contributed by atoms with Gasteiger partial charge in [-0.15, -0.1) is 0 Å². The monoisotopic (exact) mass is 426 g/mol. The number of nitrogens with zero attached hydrogens (tertiary/aromatic N) is 4. The van der Waals surface area contributed by atoms with Crippen LogP contribution in [0.2, 0.25) is 0 Å². The number of likely N-dealkylation sites (N-methyl/N-ethyl adjacent to an activating group) is 1. The average molecular weight is 427 g/mol. The van der Waals surface area contributed by atoms with E-state index in [0.29, 0.717) is 62.9 Å². The molecule has 0 spiro atoms. The molecule has 0 bridgehead atoms. The highest BCUT2D eigenvalue weighted by Gasteiger charge is 2.34. The van der Waals surface area contributed by atoms with Crippen LogP contribution in [-0.2, 0) is 10.2 Å². The van der Waals surface area contributed by atoms with Crippen LogP contribution < -0.4 is 9.47 Å². The second-order valence-corrected chi connectivity index (χ2v) is 9.13. The van der Waals surface area contributed by atoms with Gasteiger partial charge >= 0.3 is 0 Å². The molecule has 2 heterocycles. The SMILES string of the molecule is CCOc1ccc(C(=O)N2CCN(S(=O)(=O)N3CCN(C)CC3)CC2)cc1OC. The molecule has 0 radical (unpaired) electrons. The zero-order chi connectivity index (χ0) is 21.0. The normalized spacial score (nSPS) is 19.9. The van der Waals surface area contributed by atoms with Crippen LogP contribution in [0.3, 0.4) is 0 Å². The maximum absolute atomic E-state index is 12.9. The zero-order valence-electron chi connectivity index (χ0n) is 17.3. The Balaban J connectivity index is 1.62. The summed E-state index contributed by atoms with van der Waals surface area (Å²) in [4.78, 5) is 16.7. The molecule has 1 aromatic carbocycles. The minimum atomic E-state index is -3.48. The topological polar surface area (TPSA) is 82.6 Å². The third-order valence-corrected chi connectivity index (χ3v) is 7.39. The molecule has 2 fully saturated rings. The van der Waals surface area contributed by atoms with Crippen molar-refractivity contribution in [2.75, 3.05) is 73.1 Å². The fourth-order valence-electron chi connectivity index (χ4n) is 3.56. The van der Waals surface area contributed by atoms with Crippen LogP contribution in [0, 0.1) is 0 Å². The number of carbonyl (C=O) groups excluding carboxylic acids is 1. The van der Waals surface area contributed by atoms with Crippen LogP contribution in [-0.4, -0.2) is 106 Å². The molecule has 1 amide bonds. The number of carbonyl (C=O) groups is 1. The van der Waals surface area contributed by atoms with E-state index in [1.54, 1.807) is 27.4 Å². The van der Waals surface area contributed by atoms with Crippen molar-refractivity contribution in [2.24, 2.45) is 0 Å². The second kappa shape index (κ2) is 9.29. The predicted octanol–water partition coefficient (Wildman–Crippen LogP) is 0.344. The maximum atomic E-state index is 12.9. The largest absolute Gasteiger partial charge is 0.493 e. The molecule has 0 saturated carbocycles. The van der Waals surface area contributed by atoms with Gasteiger partial charge in [-0.2, -0.15) is 17.0 Å². The van der Waals surface area contributed by atoms with Gasteiger partial charge in [-0.3, -0.25) is 4.79 Å². The van der Waals surface area contributed by atoms with Crippen LogP contribution in [0.15, 0.2) is 18.2 Å². The van der Waals surface area contributed by atoms with E-state index in [9.17, 15) is 13.2 Å². The van der Waals surface area contributed by atoms with Crippen LogP contribution in [0.4, 0.5) is 0 Å². The average Bonchev–Trinajstić information content (AvgIpc) is 2.74. The Kier molecular flexibility index (Phi) is 6.99. The molecule has 0 N–H and O–H groups in total. The molecule has 0 aliphatic carbocycles. The number of piperazine rings is 2. The number of hydrogen-bond donors (Lipinski definition) is 0. The first-order chi connectivity index (χ1) is 13.9. The Labute approximate surface area is 172 Å². The zero-order valence-corrected chi connectivity index (χ0v) is 18.2. The quantitative estimate of drug-likeness (QED) is 0.653. The first kappa shape index (κ1) is 21.8. The van der Waals surface area contributed by atoms with Gasteiger partial charge in [0.25, 0.3) is 16.1 Å².